The highest BCUT2D eigenvalue weighted by atomic mass is 79.9. The van der Waals surface area contributed by atoms with Gasteiger partial charge in [-0.2, -0.15) is 0 Å². The van der Waals surface area contributed by atoms with Crippen LogP contribution in [0, 0.1) is 0 Å². The van der Waals surface area contributed by atoms with E-state index in [9.17, 15) is 0 Å². The van der Waals surface area contributed by atoms with Crippen molar-refractivity contribution >= 4 is 27.3 Å². The minimum Gasteiger partial charge on any atom is -0.481 e. The zero-order valence-electron chi connectivity index (χ0n) is 11.0. The van der Waals surface area contributed by atoms with Crippen molar-refractivity contribution in [3.63, 3.8) is 0 Å². The van der Waals surface area contributed by atoms with Crippen LogP contribution in [0.4, 0.5) is 0 Å². The van der Waals surface area contributed by atoms with Crippen molar-refractivity contribution in [3.8, 4) is 5.88 Å². The van der Waals surface area contributed by atoms with Crippen LogP contribution < -0.4 is 10.1 Å². The molecule has 1 atom stereocenters. The number of nitrogens with one attached hydrogen (secondary N) is 1. The third-order valence-corrected chi connectivity index (χ3v) is 4.84. The molecule has 0 aliphatic rings. The largest absolute Gasteiger partial charge is 0.481 e. The molecule has 2 heterocycles. The Kier molecular flexibility index (Phi) is 5.36. The van der Waals surface area contributed by atoms with Crippen molar-refractivity contribution in [1.82, 2.24) is 10.3 Å². The van der Waals surface area contributed by atoms with Crippen molar-refractivity contribution in [2.24, 2.45) is 0 Å². The molecule has 19 heavy (non-hydrogen) atoms. The first-order valence-electron chi connectivity index (χ1n) is 6.19. The van der Waals surface area contributed by atoms with Gasteiger partial charge in [0.1, 0.15) is 0 Å². The number of aromatic nitrogens is 1. The number of hydrogen-bond acceptors (Lipinski definition) is 4. The molecule has 0 aromatic carbocycles. The molecular formula is C14H17BrN2OS. The van der Waals surface area contributed by atoms with Gasteiger partial charge in [-0.3, -0.25) is 0 Å². The van der Waals surface area contributed by atoms with Gasteiger partial charge >= 0.3 is 0 Å². The molecule has 0 saturated heterocycles. The highest BCUT2D eigenvalue weighted by Crippen LogP contribution is 2.31. The van der Waals surface area contributed by atoms with Gasteiger partial charge < -0.3 is 10.1 Å². The average molecular weight is 341 g/mol. The maximum absolute atomic E-state index is 5.08. The second-order valence-electron chi connectivity index (χ2n) is 4.16. The van der Waals surface area contributed by atoms with Gasteiger partial charge in [-0.1, -0.05) is 13.0 Å². The normalized spacial score (nSPS) is 12.4. The summed E-state index contributed by atoms with van der Waals surface area (Å²) in [5, 5.41) is 5.63. The minimum absolute atomic E-state index is 0.314. The van der Waals surface area contributed by atoms with Gasteiger partial charge in [-0.05, 0) is 45.9 Å². The van der Waals surface area contributed by atoms with Gasteiger partial charge in [0.25, 0.3) is 0 Å². The first-order chi connectivity index (χ1) is 9.24. The predicted molar refractivity (Wildman–Crippen MR) is 82.9 cm³/mol. The van der Waals surface area contributed by atoms with Crippen molar-refractivity contribution < 1.29 is 4.74 Å². The van der Waals surface area contributed by atoms with E-state index in [-0.39, 0.29) is 0 Å². The lowest BCUT2D eigenvalue weighted by molar-refractivity contribution is 0.397. The number of thiophene rings is 1. The molecule has 1 N–H and O–H groups in total. The molecule has 0 radical (unpaired) electrons. The summed E-state index contributed by atoms with van der Waals surface area (Å²) in [6.07, 6.45) is 2.80. The number of ether oxygens (including phenoxy) is 1. The monoisotopic (exact) mass is 340 g/mol. The van der Waals surface area contributed by atoms with Crippen LogP contribution in [0.2, 0.25) is 0 Å². The van der Waals surface area contributed by atoms with Crippen LogP contribution in [0.15, 0.2) is 34.2 Å². The molecule has 2 rings (SSSR count). The van der Waals surface area contributed by atoms with Crippen LogP contribution in [-0.2, 0) is 6.42 Å². The maximum atomic E-state index is 5.08. The SMILES string of the molecule is CCNC(Cc1ccc(OC)nc1)c1sccc1Br. The van der Waals surface area contributed by atoms with Crippen LogP contribution in [0.3, 0.4) is 0 Å². The summed E-state index contributed by atoms with van der Waals surface area (Å²) in [6, 6.07) is 6.38. The smallest absolute Gasteiger partial charge is 0.212 e. The summed E-state index contributed by atoms with van der Waals surface area (Å²) >= 11 is 5.38. The van der Waals surface area contributed by atoms with Crippen molar-refractivity contribution in [1.29, 1.82) is 0 Å². The molecule has 0 saturated carbocycles. The van der Waals surface area contributed by atoms with Crippen LogP contribution in [0.25, 0.3) is 0 Å². The van der Waals surface area contributed by atoms with E-state index >= 15 is 0 Å². The van der Waals surface area contributed by atoms with E-state index in [1.165, 1.54) is 14.9 Å². The summed E-state index contributed by atoms with van der Waals surface area (Å²) in [4.78, 5) is 5.59. The van der Waals surface area contributed by atoms with E-state index in [0.29, 0.717) is 11.9 Å². The van der Waals surface area contributed by atoms with E-state index in [2.05, 4.69) is 50.7 Å². The van der Waals surface area contributed by atoms with Gasteiger partial charge in [0, 0.05) is 27.7 Å². The lowest BCUT2D eigenvalue weighted by Crippen LogP contribution is -2.22. The predicted octanol–water partition coefficient (Wildman–Crippen LogP) is 3.81. The molecule has 0 aliphatic heterocycles. The Balaban J connectivity index is 2.14. The summed E-state index contributed by atoms with van der Waals surface area (Å²) in [7, 11) is 1.63. The van der Waals surface area contributed by atoms with E-state index in [4.69, 9.17) is 4.74 Å². The number of hydrogen-bond donors (Lipinski definition) is 1. The highest BCUT2D eigenvalue weighted by Gasteiger charge is 2.15. The fourth-order valence-corrected chi connectivity index (χ4v) is 3.67. The Bertz CT molecular complexity index is 512. The maximum Gasteiger partial charge on any atom is 0.212 e. The number of rotatable bonds is 6. The van der Waals surface area contributed by atoms with Crippen LogP contribution in [0.1, 0.15) is 23.4 Å². The fraction of sp³-hybridized carbons (Fsp3) is 0.357. The van der Waals surface area contributed by atoms with E-state index in [0.717, 1.165) is 13.0 Å². The van der Waals surface area contributed by atoms with E-state index < -0.39 is 0 Å². The van der Waals surface area contributed by atoms with Crippen molar-refractivity contribution in [2.45, 2.75) is 19.4 Å². The minimum atomic E-state index is 0.314. The second-order valence-corrected chi connectivity index (χ2v) is 5.96. The van der Waals surface area contributed by atoms with Crippen molar-refractivity contribution in [2.75, 3.05) is 13.7 Å². The van der Waals surface area contributed by atoms with Gasteiger partial charge in [0.2, 0.25) is 5.88 Å². The quantitative estimate of drug-likeness (QED) is 0.868. The van der Waals surface area contributed by atoms with Crippen LogP contribution in [0.5, 0.6) is 5.88 Å². The second kappa shape index (κ2) is 7.03. The summed E-state index contributed by atoms with van der Waals surface area (Å²) in [5.41, 5.74) is 1.20. The highest BCUT2D eigenvalue weighted by molar-refractivity contribution is 9.10. The molecule has 1 unspecified atom stereocenters. The zero-order chi connectivity index (χ0) is 13.7. The third-order valence-electron chi connectivity index (χ3n) is 2.86. The molecule has 5 heteroatoms. The Morgan fingerprint density at radius 3 is 2.79 bits per heavy atom. The molecule has 0 spiro atoms. The Morgan fingerprint density at radius 1 is 1.42 bits per heavy atom. The summed E-state index contributed by atoms with van der Waals surface area (Å²) in [6.45, 7) is 3.07. The first-order valence-corrected chi connectivity index (χ1v) is 7.87. The van der Waals surface area contributed by atoms with Gasteiger partial charge in [-0.25, -0.2) is 4.98 Å². The number of halogens is 1. The number of pyridine rings is 1. The fourth-order valence-electron chi connectivity index (χ4n) is 1.95. The molecule has 2 aromatic rings. The molecule has 2 aromatic heterocycles. The molecule has 3 nitrogen and oxygen atoms in total. The molecule has 0 fully saturated rings. The number of nitrogens with zero attached hydrogens (tertiary/aromatic N) is 1. The first kappa shape index (κ1) is 14.5. The van der Waals surface area contributed by atoms with Gasteiger partial charge in [0.15, 0.2) is 0 Å². The molecule has 0 amide bonds. The molecular weight excluding hydrogens is 324 g/mol. The Hall–Kier alpha value is -0.910. The van der Waals surface area contributed by atoms with E-state index in [1.807, 2.05) is 12.3 Å². The lowest BCUT2D eigenvalue weighted by atomic mass is 10.1. The van der Waals surface area contributed by atoms with Crippen molar-refractivity contribution in [3.05, 3.63) is 44.7 Å². The number of methoxy groups -OCH3 is 1. The molecule has 0 aliphatic carbocycles. The molecule has 102 valence electrons. The van der Waals surface area contributed by atoms with E-state index in [1.54, 1.807) is 18.4 Å². The zero-order valence-corrected chi connectivity index (χ0v) is 13.4. The van der Waals surface area contributed by atoms with Crippen LogP contribution >= 0.6 is 27.3 Å². The third kappa shape index (κ3) is 3.78. The Morgan fingerprint density at radius 2 is 2.26 bits per heavy atom. The topological polar surface area (TPSA) is 34.1 Å². The lowest BCUT2D eigenvalue weighted by Gasteiger charge is -2.17. The standard InChI is InChI=1S/C14H17BrN2OS/c1-3-16-12(14-11(15)6-7-19-14)8-10-4-5-13(18-2)17-9-10/h4-7,9,12,16H,3,8H2,1-2H3. The molecule has 0 bridgehead atoms. The number of likely N-dealkylation sites (N-methyl/N-ethyl adjacent to an activating group) is 1. The van der Waals surface area contributed by atoms with Crippen LogP contribution in [-0.4, -0.2) is 18.6 Å². The van der Waals surface area contributed by atoms with Gasteiger partial charge in [0.05, 0.1) is 7.11 Å². The Labute approximate surface area is 126 Å². The summed E-state index contributed by atoms with van der Waals surface area (Å²) < 4.78 is 6.25. The van der Waals surface area contributed by atoms with Gasteiger partial charge in [-0.15, -0.1) is 11.3 Å². The average Bonchev–Trinajstić information content (AvgIpc) is 2.85. The summed E-state index contributed by atoms with van der Waals surface area (Å²) in [5.74, 6) is 0.654.